The minimum Gasteiger partial charge on any atom is -0.494 e. The molecule has 1 aromatic heterocycles. The van der Waals surface area contributed by atoms with Crippen molar-refractivity contribution in [2.24, 2.45) is 0 Å². The normalized spacial score (nSPS) is 10.9. The van der Waals surface area contributed by atoms with Crippen LogP contribution in [0.4, 0.5) is 5.82 Å². The fourth-order valence-electron chi connectivity index (χ4n) is 1.98. The Balaban J connectivity index is 2.65. The number of rotatable bonds is 3. The second-order valence-corrected chi connectivity index (χ2v) is 4.60. The van der Waals surface area contributed by atoms with Crippen molar-refractivity contribution in [3.05, 3.63) is 29.5 Å². The van der Waals surface area contributed by atoms with Crippen LogP contribution in [0.5, 0.6) is 5.75 Å². The molecular weight excluding hydrogens is 228 g/mol. The molecular formula is C13H18N4O. The van der Waals surface area contributed by atoms with Crippen molar-refractivity contribution in [3.8, 4) is 11.4 Å². The zero-order chi connectivity index (χ0) is 13.3. The van der Waals surface area contributed by atoms with E-state index in [1.165, 1.54) is 0 Å². The molecule has 0 saturated carbocycles. The van der Waals surface area contributed by atoms with Gasteiger partial charge >= 0.3 is 0 Å². The highest BCUT2D eigenvalue weighted by atomic mass is 16.5. The number of aromatic nitrogens is 3. The van der Waals surface area contributed by atoms with E-state index in [1.54, 1.807) is 11.8 Å². The summed E-state index contributed by atoms with van der Waals surface area (Å²) in [5.41, 5.74) is 8.78. The molecule has 2 rings (SSSR count). The van der Waals surface area contributed by atoms with E-state index in [9.17, 15) is 0 Å². The SMILES string of the molecule is COc1ccc(C)cc1-n1nnc(N)c1C(C)C. The minimum atomic E-state index is 0.241. The summed E-state index contributed by atoms with van der Waals surface area (Å²) < 4.78 is 7.13. The lowest BCUT2D eigenvalue weighted by Crippen LogP contribution is -2.07. The molecule has 5 nitrogen and oxygen atoms in total. The summed E-state index contributed by atoms with van der Waals surface area (Å²) in [6.07, 6.45) is 0. The standard InChI is InChI=1S/C13H18N4O/c1-8(2)12-13(14)15-16-17(12)10-7-9(3)5-6-11(10)18-4/h5-8H,14H2,1-4H3. The van der Waals surface area contributed by atoms with Crippen LogP contribution in [-0.4, -0.2) is 22.1 Å². The summed E-state index contributed by atoms with van der Waals surface area (Å²) in [6, 6.07) is 5.93. The van der Waals surface area contributed by atoms with Crippen molar-refractivity contribution in [2.45, 2.75) is 26.7 Å². The van der Waals surface area contributed by atoms with E-state index >= 15 is 0 Å². The zero-order valence-corrected chi connectivity index (χ0v) is 11.1. The molecule has 18 heavy (non-hydrogen) atoms. The molecule has 0 atom stereocenters. The lowest BCUT2D eigenvalue weighted by atomic mass is 10.1. The Kier molecular flexibility index (Phi) is 3.23. The molecule has 1 aromatic carbocycles. The van der Waals surface area contributed by atoms with E-state index < -0.39 is 0 Å². The van der Waals surface area contributed by atoms with Gasteiger partial charge in [0.15, 0.2) is 5.82 Å². The number of nitrogens with zero attached hydrogens (tertiary/aromatic N) is 3. The summed E-state index contributed by atoms with van der Waals surface area (Å²) in [5.74, 6) is 1.46. The summed E-state index contributed by atoms with van der Waals surface area (Å²) >= 11 is 0. The lowest BCUT2D eigenvalue weighted by molar-refractivity contribution is 0.410. The molecule has 0 aliphatic rings. The van der Waals surface area contributed by atoms with Gasteiger partial charge in [-0.05, 0) is 30.5 Å². The van der Waals surface area contributed by atoms with Gasteiger partial charge in [0.05, 0.1) is 12.8 Å². The average molecular weight is 246 g/mol. The molecule has 2 aromatic rings. The zero-order valence-electron chi connectivity index (χ0n) is 11.1. The predicted octanol–water partition coefficient (Wildman–Crippen LogP) is 2.29. The molecule has 2 N–H and O–H groups in total. The van der Waals surface area contributed by atoms with E-state index in [2.05, 4.69) is 24.2 Å². The van der Waals surface area contributed by atoms with Gasteiger partial charge in [-0.1, -0.05) is 25.1 Å². The van der Waals surface area contributed by atoms with E-state index in [-0.39, 0.29) is 5.92 Å². The topological polar surface area (TPSA) is 66.0 Å². The first-order valence-electron chi connectivity index (χ1n) is 5.90. The van der Waals surface area contributed by atoms with E-state index in [0.29, 0.717) is 5.82 Å². The molecule has 0 aliphatic heterocycles. The summed E-state index contributed by atoms with van der Waals surface area (Å²) in [4.78, 5) is 0. The number of benzene rings is 1. The van der Waals surface area contributed by atoms with E-state index in [1.807, 2.05) is 25.1 Å². The van der Waals surface area contributed by atoms with Crippen molar-refractivity contribution in [1.29, 1.82) is 0 Å². The first-order valence-corrected chi connectivity index (χ1v) is 5.90. The number of nitrogen functional groups attached to an aromatic ring is 1. The van der Waals surface area contributed by atoms with Crippen LogP contribution in [0.3, 0.4) is 0 Å². The molecule has 0 saturated heterocycles. The highest BCUT2D eigenvalue weighted by molar-refractivity contribution is 5.51. The number of methoxy groups -OCH3 is 1. The Labute approximate surface area is 107 Å². The van der Waals surface area contributed by atoms with Crippen molar-refractivity contribution < 1.29 is 4.74 Å². The Morgan fingerprint density at radius 2 is 2.06 bits per heavy atom. The number of aryl methyl sites for hydroxylation is 1. The van der Waals surface area contributed by atoms with Crippen molar-refractivity contribution in [2.75, 3.05) is 12.8 Å². The van der Waals surface area contributed by atoms with Gasteiger partial charge < -0.3 is 10.5 Å². The lowest BCUT2D eigenvalue weighted by Gasteiger charge is -2.13. The highest BCUT2D eigenvalue weighted by Crippen LogP contribution is 2.28. The summed E-state index contributed by atoms with van der Waals surface area (Å²) in [6.45, 7) is 6.15. The largest absolute Gasteiger partial charge is 0.494 e. The Hall–Kier alpha value is -2.04. The average Bonchev–Trinajstić information content (AvgIpc) is 2.71. The summed E-state index contributed by atoms with van der Waals surface area (Å²) in [7, 11) is 1.64. The van der Waals surface area contributed by atoms with Crippen LogP contribution in [0.25, 0.3) is 5.69 Å². The summed E-state index contributed by atoms with van der Waals surface area (Å²) in [5, 5.41) is 8.07. The van der Waals surface area contributed by atoms with Gasteiger partial charge in [-0.2, -0.15) is 0 Å². The van der Waals surface area contributed by atoms with Crippen LogP contribution < -0.4 is 10.5 Å². The highest BCUT2D eigenvalue weighted by Gasteiger charge is 2.17. The maximum Gasteiger partial charge on any atom is 0.169 e. The molecule has 0 radical (unpaired) electrons. The molecule has 0 amide bonds. The fraction of sp³-hybridized carbons (Fsp3) is 0.385. The molecule has 0 bridgehead atoms. The number of ether oxygens (including phenoxy) is 1. The minimum absolute atomic E-state index is 0.241. The number of nitrogens with two attached hydrogens (primary N) is 1. The molecule has 1 heterocycles. The van der Waals surface area contributed by atoms with Crippen molar-refractivity contribution in [1.82, 2.24) is 15.0 Å². The van der Waals surface area contributed by atoms with Gasteiger partial charge in [-0.25, -0.2) is 4.68 Å². The fourth-order valence-corrected chi connectivity index (χ4v) is 1.98. The monoisotopic (exact) mass is 246 g/mol. The van der Waals surface area contributed by atoms with E-state index in [4.69, 9.17) is 10.5 Å². The van der Waals surface area contributed by atoms with Crippen LogP contribution in [0, 0.1) is 6.92 Å². The van der Waals surface area contributed by atoms with Crippen LogP contribution in [-0.2, 0) is 0 Å². The van der Waals surface area contributed by atoms with Crippen LogP contribution in [0.15, 0.2) is 18.2 Å². The third kappa shape index (κ3) is 2.03. The van der Waals surface area contributed by atoms with Crippen molar-refractivity contribution >= 4 is 5.82 Å². The van der Waals surface area contributed by atoms with Gasteiger partial charge in [0.2, 0.25) is 0 Å². The number of anilines is 1. The second-order valence-electron chi connectivity index (χ2n) is 4.60. The van der Waals surface area contributed by atoms with Gasteiger partial charge in [0, 0.05) is 0 Å². The Bertz CT molecular complexity index is 560. The Morgan fingerprint density at radius 1 is 1.33 bits per heavy atom. The first kappa shape index (κ1) is 12.4. The third-order valence-electron chi connectivity index (χ3n) is 2.84. The molecule has 0 spiro atoms. The van der Waals surface area contributed by atoms with Gasteiger partial charge in [0.1, 0.15) is 11.4 Å². The molecule has 5 heteroatoms. The van der Waals surface area contributed by atoms with E-state index in [0.717, 1.165) is 22.7 Å². The smallest absolute Gasteiger partial charge is 0.169 e. The van der Waals surface area contributed by atoms with Gasteiger partial charge in [-0.15, -0.1) is 5.10 Å². The maximum atomic E-state index is 5.87. The third-order valence-corrected chi connectivity index (χ3v) is 2.84. The molecule has 0 aliphatic carbocycles. The quantitative estimate of drug-likeness (QED) is 0.902. The molecule has 0 unspecified atom stereocenters. The Morgan fingerprint density at radius 3 is 2.67 bits per heavy atom. The van der Waals surface area contributed by atoms with Crippen molar-refractivity contribution in [3.63, 3.8) is 0 Å². The molecule has 96 valence electrons. The van der Waals surface area contributed by atoms with Gasteiger partial charge in [0.25, 0.3) is 0 Å². The van der Waals surface area contributed by atoms with Crippen LogP contribution in [0.2, 0.25) is 0 Å². The molecule has 0 fully saturated rings. The second kappa shape index (κ2) is 4.68. The first-order chi connectivity index (χ1) is 8.54. The number of hydrogen-bond acceptors (Lipinski definition) is 4. The van der Waals surface area contributed by atoms with Crippen LogP contribution in [0.1, 0.15) is 31.0 Å². The predicted molar refractivity (Wildman–Crippen MR) is 71.1 cm³/mol. The van der Waals surface area contributed by atoms with Gasteiger partial charge in [-0.3, -0.25) is 0 Å². The maximum absolute atomic E-state index is 5.87. The van der Waals surface area contributed by atoms with Crippen LogP contribution >= 0.6 is 0 Å². The number of hydrogen-bond donors (Lipinski definition) is 1.